The van der Waals surface area contributed by atoms with Crippen molar-refractivity contribution in [2.24, 2.45) is 0 Å². The Balaban J connectivity index is 1.99. The van der Waals surface area contributed by atoms with E-state index in [9.17, 15) is 14.0 Å². The monoisotopic (exact) mass is 296 g/mol. The van der Waals surface area contributed by atoms with E-state index in [0.29, 0.717) is 0 Å². The minimum Gasteiger partial charge on any atom is -0.478 e. The molecule has 0 aromatic heterocycles. The van der Waals surface area contributed by atoms with Crippen molar-refractivity contribution in [1.29, 1.82) is 0 Å². The van der Waals surface area contributed by atoms with Gasteiger partial charge in [0.15, 0.2) is 0 Å². The summed E-state index contributed by atoms with van der Waals surface area (Å²) in [6.07, 6.45) is 2.68. The predicted octanol–water partition coefficient (Wildman–Crippen LogP) is 2.21. The fourth-order valence-corrected chi connectivity index (χ4v) is 2.48. The normalized spacial score (nSPS) is 21.0. The first-order chi connectivity index (χ1) is 10.0. The lowest BCUT2D eigenvalue weighted by Gasteiger charge is -2.20. The molecule has 1 fully saturated rings. The van der Waals surface area contributed by atoms with Gasteiger partial charge in [-0.25, -0.2) is 14.0 Å². The summed E-state index contributed by atoms with van der Waals surface area (Å²) in [7, 11) is 1.60. The molecule has 0 saturated heterocycles. The lowest BCUT2D eigenvalue weighted by atomic mass is 10.2. The van der Waals surface area contributed by atoms with Gasteiger partial charge in [0.05, 0.1) is 17.7 Å². The van der Waals surface area contributed by atoms with Crippen molar-refractivity contribution in [1.82, 2.24) is 5.32 Å². The topological polar surface area (TPSA) is 87.7 Å². The maximum absolute atomic E-state index is 13.3. The third-order valence-corrected chi connectivity index (χ3v) is 3.53. The number of nitrogens with one attached hydrogen (secondary N) is 2. The third-order valence-electron chi connectivity index (χ3n) is 3.53. The van der Waals surface area contributed by atoms with Crippen LogP contribution in [0.15, 0.2) is 18.2 Å². The van der Waals surface area contributed by atoms with Crippen LogP contribution in [0.1, 0.15) is 29.6 Å². The van der Waals surface area contributed by atoms with Gasteiger partial charge in [-0.05, 0) is 37.5 Å². The Kier molecular flexibility index (Phi) is 4.74. The number of carbonyl (C=O) groups is 2. The summed E-state index contributed by atoms with van der Waals surface area (Å²) in [6.45, 7) is 0. The maximum atomic E-state index is 13.3. The Morgan fingerprint density at radius 1 is 1.38 bits per heavy atom. The molecule has 3 N–H and O–H groups in total. The summed E-state index contributed by atoms with van der Waals surface area (Å²) in [6, 6.07) is 2.86. The molecule has 21 heavy (non-hydrogen) atoms. The molecule has 0 heterocycles. The molecule has 1 aliphatic carbocycles. The van der Waals surface area contributed by atoms with Gasteiger partial charge in [0.1, 0.15) is 5.82 Å². The number of halogens is 1. The molecule has 0 spiro atoms. The molecular weight excluding hydrogens is 279 g/mol. The standard InChI is InChI=1S/C14H17FN2O4/c1-21-12-4-2-3-11(12)17-14(20)16-8-5-6-10(15)9(7-8)13(18)19/h5-7,11-12H,2-4H2,1H3,(H,18,19)(H2,16,17,20). The zero-order chi connectivity index (χ0) is 15.4. The van der Waals surface area contributed by atoms with Gasteiger partial charge >= 0.3 is 12.0 Å². The Bertz CT molecular complexity index is 550. The minimum atomic E-state index is -1.38. The molecule has 2 unspecified atom stereocenters. The zero-order valence-electron chi connectivity index (χ0n) is 11.6. The highest BCUT2D eigenvalue weighted by Gasteiger charge is 2.28. The molecule has 1 aliphatic rings. The number of aromatic carboxylic acids is 1. The number of benzene rings is 1. The van der Waals surface area contributed by atoms with Crippen LogP contribution >= 0.6 is 0 Å². The first kappa shape index (κ1) is 15.2. The molecule has 1 aromatic carbocycles. The number of hydrogen-bond donors (Lipinski definition) is 3. The predicted molar refractivity (Wildman–Crippen MR) is 73.9 cm³/mol. The first-order valence-electron chi connectivity index (χ1n) is 6.64. The van der Waals surface area contributed by atoms with E-state index < -0.39 is 23.4 Å². The molecule has 114 valence electrons. The fraction of sp³-hybridized carbons (Fsp3) is 0.429. The second-order valence-corrected chi connectivity index (χ2v) is 4.91. The van der Waals surface area contributed by atoms with Gasteiger partial charge in [-0.2, -0.15) is 0 Å². The lowest BCUT2D eigenvalue weighted by molar-refractivity contribution is 0.0692. The van der Waals surface area contributed by atoms with Crippen molar-refractivity contribution >= 4 is 17.7 Å². The van der Waals surface area contributed by atoms with E-state index in [4.69, 9.17) is 9.84 Å². The highest BCUT2D eigenvalue weighted by atomic mass is 19.1. The van der Waals surface area contributed by atoms with Crippen molar-refractivity contribution in [3.05, 3.63) is 29.6 Å². The van der Waals surface area contributed by atoms with Gasteiger partial charge in [0.25, 0.3) is 0 Å². The van der Waals surface area contributed by atoms with E-state index in [1.165, 1.54) is 6.07 Å². The molecule has 1 aromatic rings. The Morgan fingerprint density at radius 3 is 2.81 bits per heavy atom. The van der Waals surface area contributed by atoms with Crippen LogP contribution in [0, 0.1) is 5.82 Å². The summed E-state index contributed by atoms with van der Waals surface area (Å²) in [5, 5.41) is 14.1. The molecule has 0 bridgehead atoms. The van der Waals surface area contributed by atoms with Gasteiger partial charge in [0.2, 0.25) is 0 Å². The molecule has 0 radical (unpaired) electrons. The van der Waals surface area contributed by atoms with Gasteiger partial charge < -0.3 is 20.5 Å². The molecule has 1 saturated carbocycles. The second-order valence-electron chi connectivity index (χ2n) is 4.91. The van der Waals surface area contributed by atoms with Crippen LogP contribution in [0.5, 0.6) is 0 Å². The van der Waals surface area contributed by atoms with Crippen LogP contribution in [0.3, 0.4) is 0 Å². The number of methoxy groups -OCH3 is 1. The molecule has 2 atom stereocenters. The summed E-state index contributed by atoms with van der Waals surface area (Å²) in [4.78, 5) is 22.7. The smallest absolute Gasteiger partial charge is 0.338 e. The zero-order valence-corrected chi connectivity index (χ0v) is 11.6. The van der Waals surface area contributed by atoms with Crippen LogP contribution < -0.4 is 10.6 Å². The highest BCUT2D eigenvalue weighted by Crippen LogP contribution is 2.21. The van der Waals surface area contributed by atoms with Crippen LogP contribution in [0.25, 0.3) is 0 Å². The van der Waals surface area contributed by atoms with Crippen LogP contribution in [0.4, 0.5) is 14.9 Å². The molecular formula is C14H17FN2O4. The Labute approximate surface area is 121 Å². The number of carboxylic acids is 1. The summed E-state index contributed by atoms with van der Waals surface area (Å²) < 4.78 is 18.5. The summed E-state index contributed by atoms with van der Waals surface area (Å²) in [5.41, 5.74) is -0.262. The van der Waals surface area contributed by atoms with Crippen molar-refractivity contribution in [3.8, 4) is 0 Å². The summed E-state index contributed by atoms with van der Waals surface area (Å²) in [5.74, 6) is -2.23. The number of carboxylic acid groups (broad SMARTS) is 1. The summed E-state index contributed by atoms with van der Waals surface area (Å²) >= 11 is 0. The van der Waals surface area contributed by atoms with Gasteiger partial charge in [0, 0.05) is 12.8 Å². The quantitative estimate of drug-likeness (QED) is 0.795. The van der Waals surface area contributed by atoms with E-state index in [0.717, 1.165) is 31.4 Å². The molecule has 0 aliphatic heterocycles. The van der Waals surface area contributed by atoms with E-state index in [1.807, 2.05) is 0 Å². The number of amides is 2. The number of carbonyl (C=O) groups excluding carboxylic acids is 1. The molecule has 2 amide bonds. The van der Waals surface area contributed by atoms with E-state index in [-0.39, 0.29) is 17.8 Å². The van der Waals surface area contributed by atoms with Crippen LogP contribution in [0.2, 0.25) is 0 Å². The van der Waals surface area contributed by atoms with Gasteiger partial charge in [-0.3, -0.25) is 0 Å². The van der Waals surface area contributed by atoms with E-state index in [2.05, 4.69) is 10.6 Å². The average Bonchev–Trinajstić information content (AvgIpc) is 2.87. The van der Waals surface area contributed by atoms with E-state index >= 15 is 0 Å². The van der Waals surface area contributed by atoms with Crippen molar-refractivity contribution in [2.75, 3.05) is 12.4 Å². The van der Waals surface area contributed by atoms with E-state index in [1.54, 1.807) is 7.11 Å². The highest BCUT2D eigenvalue weighted by molar-refractivity contribution is 5.93. The van der Waals surface area contributed by atoms with Crippen molar-refractivity contribution in [3.63, 3.8) is 0 Å². The first-order valence-corrected chi connectivity index (χ1v) is 6.64. The number of hydrogen-bond acceptors (Lipinski definition) is 3. The van der Waals surface area contributed by atoms with Crippen molar-refractivity contribution in [2.45, 2.75) is 31.4 Å². The number of anilines is 1. The van der Waals surface area contributed by atoms with Gasteiger partial charge in [-0.1, -0.05) is 0 Å². The second kappa shape index (κ2) is 6.53. The van der Waals surface area contributed by atoms with Crippen molar-refractivity contribution < 1.29 is 23.8 Å². The number of ether oxygens (including phenoxy) is 1. The average molecular weight is 296 g/mol. The number of rotatable bonds is 4. The lowest BCUT2D eigenvalue weighted by Crippen LogP contribution is -2.42. The molecule has 6 nitrogen and oxygen atoms in total. The van der Waals surface area contributed by atoms with Gasteiger partial charge in [-0.15, -0.1) is 0 Å². The Hall–Kier alpha value is -2.15. The maximum Gasteiger partial charge on any atom is 0.338 e. The molecule has 2 rings (SSSR count). The molecule has 7 heteroatoms. The Morgan fingerprint density at radius 2 is 2.14 bits per heavy atom. The largest absolute Gasteiger partial charge is 0.478 e. The third kappa shape index (κ3) is 3.69. The SMILES string of the molecule is COC1CCCC1NC(=O)Nc1ccc(F)c(C(=O)O)c1. The minimum absolute atomic E-state index is 0.0152. The van der Waals surface area contributed by atoms with Crippen LogP contribution in [-0.4, -0.2) is 36.4 Å². The number of urea groups is 1. The fourth-order valence-electron chi connectivity index (χ4n) is 2.48. The van der Waals surface area contributed by atoms with Crippen LogP contribution in [-0.2, 0) is 4.74 Å².